The van der Waals surface area contributed by atoms with Crippen molar-refractivity contribution in [2.24, 2.45) is 0 Å². The lowest BCUT2D eigenvalue weighted by Gasteiger charge is -2.27. The zero-order valence-corrected chi connectivity index (χ0v) is 25.4. The van der Waals surface area contributed by atoms with E-state index in [0.29, 0.717) is 40.5 Å². The third kappa shape index (κ3) is 5.83. The second kappa shape index (κ2) is 12.5. The summed E-state index contributed by atoms with van der Waals surface area (Å²) >= 11 is 0. The van der Waals surface area contributed by atoms with Crippen molar-refractivity contribution >= 4 is 17.9 Å². The van der Waals surface area contributed by atoms with Gasteiger partial charge in [-0.2, -0.15) is 10.4 Å². The number of imide groups is 1. The number of benzene rings is 3. The van der Waals surface area contributed by atoms with E-state index in [9.17, 15) is 14.9 Å². The molecule has 9 heteroatoms. The van der Waals surface area contributed by atoms with Crippen molar-refractivity contribution in [3.63, 3.8) is 0 Å². The summed E-state index contributed by atoms with van der Waals surface area (Å²) < 4.78 is 18.6. The molecule has 3 aromatic carbocycles. The second-order valence-electron chi connectivity index (χ2n) is 10.9. The SMILES string of the molecule is CCCCOc1ccc(-c2nn(-c3ccccc3)cc2/C=C2/C(=O)N(Cc3ccc4c(c3)OCO4)C(=O)C(C#N)=C2C)c(C)c1. The number of nitriles is 1. The largest absolute Gasteiger partial charge is 0.494 e. The Morgan fingerprint density at radius 1 is 1.00 bits per heavy atom. The molecular formula is C36H32N4O5. The van der Waals surface area contributed by atoms with Crippen LogP contribution in [0.2, 0.25) is 0 Å². The third-order valence-electron chi connectivity index (χ3n) is 7.89. The smallest absolute Gasteiger partial charge is 0.271 e. The first-order valence-electron chi connectivity index (χ1n) is 14.8. The predicted octanol–water partition coefficient (Wildman–Crippen LogP) is 6.55. The maximum Gasteiger partial charge on any atom is 0.271 e. The summed E-state index contributed by atoms with van der Waals surface area (Å²) in [4.78, 5) is 28.5. The van der Waals surface area contributed by atoms with Crippen LogP contribution >= 0.6 is 0 Å². The van der Waals surface area contributed by atoms with Gasteiger partial charge in [0.05, 0.1) is 18.8 Å². The molecule has 2 aliphatic heterocycles. The minimum atomic E-state index is -0.635. The van der Waals surface area contributed by atoms with E-state index in [4.69, 9.17) is 19.3 Å². The van der Waals surface area contributed by atoms with Gasteiger partial charge in [-0.3, -0.25) is 14.5 Å². The van der Waals surface area contributed by atoms with Gasteiger partial charge in [0, 0.05) is 22.9 Å². The lowest BCUT2D eigenvalue weighted by molar-refractivity contribution is -0.141. The summed E-state index contributed by atoms with van der Waals surface area (Å²) in [6.07, 6.45) is 5.60. The Balaban J connectivity index is 1.43. The molecule has 0 atom stereocenters. The lowest BCUT2D eigenvalue weighted by Crippen LogP contribution is -2.42. The Hall–Kier alpha value is -5.62. The average molecular weight is 601 g/mol. The molecule has 3 heterocycles. The maximum absolute atomic E-state index is 14.0. The monoisotopic (exact) mass is 600 g/mol. The number of amides is 2. The number of aryl methyl sites for hydroxylation is 1. The molecule has 0 bridgehead atoms. The number of hydrogen-bond acceptors (Lipinski definition) is 7. The fourth-order valence-corrected chi connectivity index (χ4v) is 5.39. The fourth-order valence-electron chi connectivity index (χ4n) is 5.39. The standard InChI is InChI=1S/C36H32N4O5/c1-4-5-15-43-28-12-13-29(23(2)16-28)34-26(21-40(38-34)27-9-7-6-8-10-27)18-30-24(3)31(19-37)36(42)39(35(30)41)20-25-11-14-32-33(17-25)45-22-44-32/h6-14,16-18,21H,4-5,15,20,22H2,1-3H3/b30-18+. The molecule has 1 aromatic heterocycles. The molecule has 0 radical (unpaired) electrons. The highest BCUT2D eigenvalue weighted by Crippen LogP contribution is 2.36. The Bertz CT molecular complexity index is 1900. The maximum atomic E-state index is 14.0. The molecule has 0 saturated carbocycles. The predicted molar refractivity (Wildman–Crippen MR) is 169 cm³/mol. The van der Waals surface area contributed by atoms with Gasteiger partial charge in [-0.15, -0.1) is 0 Å². The van der Waals surface area contributed by atoms with Crippen LogP contribution in [0.1, 0.15) is 43.4 Å². The Morgan fingerprint density at radius 3 is 2.56 bits per heavy atom. The van der Waals surface area contributed by atoms with Gasteiger partial charge in [-0.25, -0.2) is 4.68 Å². The number of hydrogen-bond donors (Lipinski definition) is 0. The van der Waals surface area contributed by atoms with Gasteiger partial charge in [-0.05, 0) is 85.5 Å². The van der Waals surface area contributed by atoms with Crippen LogP contribution in [0, 0.1) is 18.3 Å². The summed E-state index contributed by atoms with van der Waals surface area (Å²) in [6.45, 7) is 6.48. The Kier molecular flexibility index (Phi) is 8.21. The molecule has 0 fully saturated rings. The van der Waals surface area contributed by atoms with Crippen LogP contribution in [0.25, 0.3) is 23.0 Å². The van der Waals surface area contributed by atoms with Gasteiger partial charge in [0.1, 0.15) is 23.1 Å². The number of para-hydroxylation sites is 1. The number of aromatic nitrogens is 2. The topological polar surface area (TPSA) is 107 Å². The van der Waals surface area contributed by atoms with Crippen molar-refractivity contribution in [3.05, 3.63) is 106 Å². The van der Waals surface area contributed by atoms with Crippen molar-refractivity contribution in [1.29, 1.82) is 5.26 Å². The number of ether oxygens (including phenoxy) is 3. The summed E-state index contributed by atoms with van der Waals surface area (Å²) in [5.74, 6) is 0.795. The molecule has 6 rings (SSSR count). The molecule has 2 aliphatic rings. The normalized spacial score (nSPS) is 15.2. The van der Waals surface area contributed by atoms with E-state index in [-0.39, 0.29) is 24.5 Å². The summed E-state index contributed by atoms with van der Waals surface area (Å²) in [5, 5.41) is 14.9. The summed E-state index contributed by atoms with van der Waals surface area (Å²) in [6, 6.07) is 22.8. The Morgan fingerprint density at radius 2 is 1.80 bits per heavy atom. The highest BCUT2D eigenvalue weighted by atomic mass is 16.7. The molecule has 0 N–H and O–H groups in total. The van der Waals surface area contributed by atoms with Crippen LogP contribution in [-0.2, 0) is 16.1 Å². The van der Waals surface area contributed by atoms with Crippen LogP contribution in [0.3, 0.4) is 0 Å². The third-order valence-corrected chi connectivity index (χ3v) is 7.89. The molecule has 45 heavy (non-hydrogen) atoms. The first-order valence-corrected chi connectivity index (χ1v) is 14.8. The highest BCUT2D eigenvalue weighted by molar-refractivity contribution is 6.19. The zero-order valence-electron chi connectivity index (χ0n) is 25.4. The van der Waals surface area contributed by atoms with Crippen LogP contribution < -0.4 is 14.2 Å². The van der Waals surface area contributed by atoms with E-state index in [2.05, 4.69) is 6.92 Å². The number of rotatable bonds is 9. The first kappa shape index (κ1) is 29.5. The second-order valence-corrected chi connectivity index (χ2v) is 10.9. The van der Waals surface area contributed by atoms with Crippen LogP contribution in [0.4, 0.5) is 0 Å². The zero-order chi connectivity index (χ0) is 31.5. The first-order chi connectivity index (χ1) is 21.9. The molecule has 0 unspecified atom stereocenters. The molecule has 226 valence electrons. The van der Waals surface area contributed by atoms with E-state index < -0.39 is 11.8 Å². The molecule has 9 nitrogen and oxygen atoms in total. The minimum Gasteiger partial charge on any atom is -0.494 e. The highest BCUT2D eigenvalue weighted by Gasteiger charge is 2.36. The van der Waals surface area contributed by atoms with E-state index in [1.54, 1.807) is 35.9 Å². The van der Waals surface area contributed by atoms with Crippen molar-refractivity contribution in [2.45, 2.75) is 40.2 Å². The van der Waals surface area contributed by atoms with Gasteiger partial charge in [-0.1, -0.05) is 37.6 Å². The van der Waals surface area contributed by atoms with Gasteiger partial charge >= 0.3 is 0 Å². The number of unbranched alkanes of at least 4 members (excludes halogenated alkanes) is 1. The lowest BCUT2D eigenvalue weighted by atomic mass is 9.92. The molecular weight excluding hydrogens is 568 g/mol. The quantitative estimate of drug-likeness (QED) is 0.122. The van der Waals surface area contributed by atoms with Crippen molar-refractivity contribution in [2.75, 3.05) is 13.4 Å². The van der Waals surface area contributed by atoms with Crippen LogP contribution in [0.15, 0.2) is 89.6 Å². The number of carbonyl (C=O) groups excluding carboxylic acids is 2. The van der Waals surface area contributed by atoms with E-state index in [1.807, 2.05) is 67.7 Å². The summed E-state index contributed by atoms with van der Waals surface area (Å²) in [5.41, 5.74) is 5.16. The number of carbonyl (C=O) groups is 2. The van der Waals surface area contributed by atoms with Crippen LogP contribution in [0.5, 0.6) is 17.2 Å². The molecule has 0 aliphatic carbocycles. The van der Waals surface area contributed by atoms with E-state index in [0.717, 1.165) is 40.3 Å². The van der Waals surface area contributed by atoms with Gasteiger partial charge < -0.3 is 14.2 Å². The van der Waals surface area contributed by atoms with Gasteiger partial charge in [0.15, 0.2) is 11.5 Å². The van der Waals surface area contributed by atoms with Crippen molar-refractivity contribution < 1.29 is 23.8 Å². The van der Waals surface area contributed by atoms with Crippen LogP contribution in [-0.4, -0.2) is 39.9 Å². The molecule has 0 spiro atoms. The fraction of sp³-hybridized carbons (Fsp3) is 0.222. The van der Waals surface area contributed by atoms with Gasteiger partial charge in [0.25, 0.3) is 11.8 Å². The molecule has 4 aromatic rings. The average Bonchev–Trinajstić information content (AvgIpc) is 3.69. The Labute approximate surface area is 261 Å². The summed E-state index contributed by atoms with van der Waals surface area (Å²) in [7, 11) is 0. The van der Waals surface area contributed by atoms with Gasteiger partial charge in [0.2, 0.25) is 6.79 Å². The number of nitrogens with zero attached hydrogens (tertiary/aromatic N) is 4. The van der Waals surface area contributed by atoms with Crippen molar-refractivity contribution in [3.8, 4) is 40.3 Å². The molecule has 0 saturated heterocycles. The minimum absolute atomic E-state index is 0.0289. The van der Waals surface area contributed by atoms with E-state index >= 15 is 0 Å². The van der Waals surface area contributed by atoms with E-state index in [1.165, 1.54) is 0 Å². The van der Waals surface area contributed by atoms with Crippen molar-refractivity contribution in [1.82, 2.24) is 14.7 Å². The molecule has 2 amide bonds. The number of fused-ring (bicyclic) bond motifs is 1.